The van der Waals surface area contributed by atoms with Crippen molar-refractivity contribution in [2.75, 3.05) is 6.54 Å². The van der Waals surface area contributed by atoms with Crippen LogP contribution in [0.3, 0.4) is 0 Å². The van der Waals surface area contributed by atoms with Crippen molar-refractivity contribution in [1.82, 2.24) is 19.9 Å². The van der Waals surface area contributed by atoms with Crippen LogP contribution in [0, 0.1) is 12.7 Å². The number of halogens is 2. The van der Waals surface area contributed by atoms with Gasteiger partial charge >= 0.3 is 0 Å². The molecule has 4 aromatic rings. The predicted octanol–water partition coefficient (Wildman–Crippen LogP) is 3.69. The van der Waals surface area contributed by atoms with E-state index in [9.17, 15) is 14.0 Å². The van der Waals surface area contributed by atoms with Gasteiger partial charge in [0.25, 0.3) is 11.5 Å². The number of H-pyrrole nitrogens is 1. The molecule has 0 spiro atoms. The number of carbonyl (C=O) groups is 1. The van der Waals surface area contributed by atoms with Gasteiger partial charge in [0.1, 0.15) is 11.4 Å². The Bertz CT molecular complexity index is 1310. The number of fused-ring (bicyclic) bond motifs is 1. The number of carbonyl (C=O) groups excluding carboxylic acids is 1. The van der Waals surface area contributed by atoms with Crippen molar-refractivity contribution in [2.45, 2.75) is 19.8 Å². The molecule has 0 aliphatic heterocycles. The number of aromatic nitrogens is 3. The van der Waals surface area contributed by atoms with Crippen LogP contribution >= 0.6 is 11.6 Å². The Balaban J connectivity index is 1.57. The quantitative estimate of drug-likeness (QED) is 0.482. The number of rotatable bonds is 6. The first kappa shape index (κ1) is 20.8. The lowest BCUT2D eigenvalue weighted by molar-refractivity contribution is 0.0955. The Labute approximate surface area is 182 Å². The van der Waals surface area contributed by atoms with E-state index in [-0.39, 0.29) is 28.6 Å². The van der Waals surface area contributed by atoms with Crippen LogP contribution in [0.4, 0.5) is 4.39 Å². The normalized spacial score (nSPS) is 11.1. The standard InChI is InChI=1S/C23H20ClFN4O2/c1-14-18(11-16-7-8-17(25)12-20(16)24)23(31)29-21(28-14)19(13-27-29)22(30)26-10-9-15-5-3-2-4-6-15/h2-8,12-13,27H,9-11H2,1H3,(H,26,30). The van der Waals surface area contributed by atoms with Gasteiger partial charge < -0.3 is 5.32 Å². The highest BCUT2D eigenvalue weighted by Gasteiger charge is 2.19. The lowest BCUT2D eigenvalue weighted by atomic mass is 10.0. The highest BCUT2D eigenvalue weighted by molar-refractivity contribution is 6.31. The van der Waals surface area contributed by atoms with E-state index in [0.29, 0.717) is 35.3 Å². The Kier molecular flexibility index (Phi) is 5.86. The lowest BCUT2D eigenvalue weighted by Crippen LogP contribution is -2.27. The maximum absolute atomic E-state index is 13.3. The Morgan fingerprint density at radius 2 is 2.00 bits per heavy atom. The molecule has 31 heavy (non-hydrogen) atoms. The van der Waals surface area contributed by atoms with Crippen molar-refractivity contribution in [3.05, 3.63) is 104 Å². The molecule has 2 aromatic heterocycles. The van der Waals surface area contributed by atoms with Crippen LogP contribution in [0.1, 0.15) is 32.7 Å². The number of nitrogens with zero attached hydrogens (tertiary/aromatic N) is 2. The van der Waals surface area contributed by atoms with Gasteiger partial charge in [-0.15, -0.1) is 0 Å². The SMILES string of the molecule is Cc1nc2c(C(=O)NCCc3ccccc3)c[nH]n2c(=O)c1Cc1ccc(F)cc1Cl. The zero-order valence-electron chi connectivity index (χ0n) is 16.8. The first-order valence-electron chi connectivity index (χ1n) is 9.79. The number of hydrogen-bond acceptors (Lipinski definition) is 3. The molecule has 0 bridgehead atoms. The van der Waals surface area contributed by atoms with Crippen LogP contribution < -0.4 is 10.9 Å². The molecule has 0 saturated carbocycles. The molecule has 2 heterocycles. The average Bonchev–Trinajstić information content (AvgIpc) is 3.17. The van der Waals surface area contributed by atoms with E-state index in [1.165, 1.54) is 22.8 Å². The smallest absolute Gasteiger partial charge is 0.276 e. The van der Waals surface area contributed by atoms with Gasteiger partial charge in [-0.05, 0) is 36.6 Å². The van der Waals surface area contributed by atoms with Crippen LogP contribution in [-0.4, -0.2) is 27.0 Å². The van der Waals surface area contributed by atoms with Gasteiger partial charge in [0.2, 0.25) is 0 Å². The minimum atomic E-state index is -0.442. The first-order chi connectivity index (χ1) is 14.9. The summed E-state index contributed by atoms with van der Waals surface area (Å²) in [5.74, 6) is -0.752. The minimum absolute atomic E-state index is 0.206. The number of aromatic amines is 1. The van der Waals surface area contributed by atoms with Crippen LogP contribution in [-0.2, 0) is 12.8 Å². The fourth-order valence-electron chi connectivity index (χ4n) is 3.44. The van der Waals surface area contributed by atoms with Crippen molar-refractivity contribution < 1.29 is 9.18 Å². The summed E-state index contributed by atoms with van der Waals surface area (Å²) in [7, 11) is 0. The fourth-order valence-corrected chi connectivity index (χ4v) is 3.68. The Morgan fingerprint density at radius 3 is 2.74 bits per heavy atom. The summed E-state index contributed by atoms with van der Waals surface area (Å²) >= 11 is 6.11. The van der Waals surface area contributed by atoms with Gasteiger partial charge in [0, 0.05) is 35.4 Å². The van der Waals surface area contributed by atoms with E-state index in [2.05, 4.69) is 15.4 Å². The summed E-state index contributed by atoms with van der Waals surface area (Å²) in [5, 5.41) is 5.92. The summed E-state index contributed by atoms with van der Waals surface area (Å²) < 4.78 is 14.6. The molecule has 0 radical (unpaired) electrons. The van der Waals surface area contributed by atoms with E-state index in [0.717, 1.165) is 5.56 Å². The number of nitrogens with one attached hydrogen (secondary N) is 2. The average molecular weight is 439 g/mol. The van der Waals surface area contributed by atoms with E-state index in [4.69, 9.17) is 11.6 Å². The third-order valence-corrected chi connectivity index (χ3v) is 5.48. The van der Waals surface area contributed by atoms with Crippen molar-refractivity contribution >= 4 is 23.2 Å². The summed E-state index contributed by atoms with van der Waals surface area (Å²) in [6.45, 7) is 2.17. The van der Waals surface area contributed by atoms with Crippen molar-refractivity contribution in [1.29, 1.82) is 0 Å². The van der Waals surface area contributed by atoms with Gasteiger partial charge in [-0.2, -0.15) is 0 Å². The van der Waals surface area contributed by atoms with Crippen LogP contribution in [0.15, 0.2) is 59.5 Å². The molecule has 0 fully saturated rings. The maximum atomic E-state index is 13.3. The van der Waals surface area contributed by atoms with Gasteiger partial charge in [0.15, 0.2) is 5.65 Å². The number of benzene rings is 2. The molecule has 158 valence electrons. The minimum Gasteiger partial charge on any atom is -0.352 e. The summed E-state index contributed by atoms with van der Waals surface area (Å²) in [6, 6.07) is 13.9. The molecule has 0 saturated heterocycles. The number of aryl methyl sites for hydroxylation is 1. The second-order valence-corrected chi connectivity index (χ2v) is 7.64. The van der Waals surface area contributed by atoms with Crippen LogP contribution in [0.25, 0.3) is 5.65 Å². The van der Waals surface area contributed by atoms with E-state index in [1.807, 2.05) is 30.3 Å². The first-order valence-corrected chi connectivity index (χ1v) is 10.2. The van der Waals surface area contributed by atoms with Crippen molar-refractivity contribution in [3.63, 3.8) is 0 Å². The van der Waals surface area contributed by atoms with Gasteiger partial charge in [0.05, 0.1) is 0 Å². The summed E-state index contributed by atoms with van der Waals surface area (Å²) in [5.41, 5.74) is 2.87. The zero-order chi connectivity index (χ0) is 22.0. The third kappa shape index (κ3) is 4.36. The van der Waals surface area contributed by atoms with Gasteiger partial charge in [-0.3, -0.25) is 14.7 Å². The molecular weight excluding hydrogens is 419 g/mol. The molecule has 8 heteroatoms. The molecule has 6 nitrogen and oxygen atoms in total. The Morgan fingerprint density at radius 1 is 1.23 bits per heavy atom. The topological polar surface area (TPSA) is 79.3 Å². The fraction of sp³-hybridized carbons (Fsp3) is 0.174. The highest BCUT2D eigenvalue weighted by Crippen LogP contribution is 2.21. The third-order valence-electron chi connectivity index (χ3n) is 5.13. The second kappa shape index (κ2) is 8.73. The molecule has 0 aliphatic carbocycles. The molecule has 4 rings (SSSR count). The van der Waals surface area contributed by atoms with E-state index >= 15 is 0 Å². The van der Waals surface area contributed by atoms with Crippen molar-refractivity contribution in [2.24, 2.45) is 0 Å². The largest absolute Gasteiger partial charge is 0.352 e. The van der Waals surface area contributed by atoms with Crippen molar-refractivity contribution in [3.8, 4) is 0 Å². The van der Waals surface area contributed by atoms with Gasteiger partial charge in [-0.25, -0.2) is 13.9 Å². The number of amides is 1. The summed E-state index contributed by atoms with van der Waals surface area (Å²) in [4.78, 5) is 30.1. The molecule has 1 amide bonds. The van der Waals surface area contributed by atoms with Crippen LogP contribution in [0.2, 0.25) is 5.02 Å². The molecular formula is C23H20ClFN4O2. The monoisotopic (exact) mass is 438 g/mol. The molecule has 0 unspecified atom stereocenters. The lowest BCUT2D eigenvalue weighted by Gasteiger charge is -2.08. The Hall–Kier alpha value is -3.45. The number of hydrogen-bond donors (Lipinski definition) is 2. The predicted molar refractivity (Wildman–Crippen MR) is 117 cm³/mol. The zero-order valence-corrected chi connectivity index (χ0v) is 17.5. The second-order valence-electron chi connectivity index (χ2n) is 7.23. The molecule has 2 N–H and O–H groups in total. The highest BCUT2D eigenvalue weighted by atomic mass is 35.5. The van der Waals surface area contributed by atoms with E-state index < -0.39 is 5.82 Å². The molecule has 0 aliphatic rings. The van der Waals surface area contributed by atoms with Gasteiger partial charge in [-0.1, -0.05) is 48.0 Å². The molecule has 0 atom stereocenters. The maximum Gasteiger partial charge on any atom is 0.276 e. The molecule has 2 aromatic carbocycles. The van der Waals surface area contributed by atoms with Crippen LogP contribution in [0.5, 0.6) is 0 Å². The van der Waals surface area contributed by atoms with E-state index in [1.54, 1.807) is 13.0 Å². The summed E-state index contributed by atoms with van der Waals surface area (Å²) in [6.07, 6.45) is 2.37.